The fourth-order valence-corrected chi connectivity index (χ4v) is 2.42. The van der Waals surface area contributed by atoms with E-state index in [0.29, 0.717) is 0 Å². The zero-order valence-corrected chi connectivity index (χ0v) is 10.1. The van der Waals surface area contributed by atoms with E-state index in [1.54, 1.807) is 11.3 Å². The number of ether oxygens (including phenoxy) is 1. The summed E-state index contributed by atoms with van der Waals surface area (Å²) in [5.74, 6) is 0. The molecule has 80 valence electrons. The van der Waals surface area contributed by atoms with Gasteiger partial charge in [0.1, 0.15) is 0 Å². The van der Waals surface area contributed by atoms with Gasteiger partial charge in [-0.25, -0.2) is 4.98 Å². The lowest BCUT2D eigenvalue weighted by Crippen LogP contribution is -2.21. The molecule has 1 N–H and O–H groups in total. The normalized spacial score (nSPS) is 13.1. The second kappa shape index (κ2) is 5.44. The summed E-state index contributed by atoms with van der Waals surface area (Å²) >= 11 is 1.74. The Labute approximate surface area is 89.5 Å². The Kier molecular flexibility index (Phi) is 4.51. The maximum Gasteiger partial charge on any atom is 0.0900 e. The van der Waals surface area contributed by atoms with Crippen LogP contribution in [0.3, 0.4) is 0 Å². The zero-order valence-electron chi connectivity index (χ0n) is 9.26. The summed E-state index contributed by atoms with van der Waals surface area (Å²) in [5, 5.41) is 4.37. The SMILES string of the molecule is CCOCC(NC)c1sc(C)nc1C. The quantitative estimate of drug-likeness (QED) is 0.814. The van der Waals surface area contributed by atoms with E-state index in [2.05, 4.69) is 17.2 Å². The highest BCUT2D eigenvalue weighted by molar-refractivity contribution is 7.11. The number of rotatable bonds is 5. The highest BCUT2D eigenvalue weighted by Crippen LogP contribution is 2.24. The first-order valence-electron chi connectivity index (χ1n) is 4.88. The van der Waals surface area contributed by atoms with Crippen molar-refractivity contribution in [2.75, 3.05) is 20.3 Å². The molecule has 0 aliphatic carbocycles. The van der Waals surface area contributed by atoms with E-state index in [1.807, 2.05) is 20.9 Å². The molecule has 1 aromatic heterocycles. The van der Waals surface area contributed by atoms with Gasteiger partial charge in [-0.3, -0.25) is 0 Å². The first-order chi connectivity index (χ1) is 6.69. The summed E-state index contributed by atoms with van der Waals surface area (Å²) in [6.07, 6.45) is 0. The summed E-state index contributed by atoms with van der Waals surface area (Å²) in [7, 11) is 1.96. The molecule has 0 radical (unpaired) electrons. The second-order valence-electron chi connectivity index (χ2n) is 3.18. The predicted molar refractivity (Wildman–Crippen MR) is 59.9 cm³/mol. The van der Waals surface area contributed by atoms with Gasteiger partial charge in [-0.2, -0.15) is 0 Å². The number of aromatic nitrogens is 1. The molecule has 0 fully saturated rings. The lowest BCUT2D eigenvalue weighted by Gasteiger charge is -2.14. The van der Waals surface area contributed by atoms with E-state index < -0.39 is 0 Å². The van der Waals surface area contributed by atoms with Crippen molar-refractivity contribution >= 4 is 11.3 Å². The smallest absolute Gasteiger partial charge is 0.0900 e. The van der Waals surface area contributed by atoms with Crippen LogP contribution in [-0.2, 0) is 4.74 Å². The van der Waals surface area contributed by atoms with E-state index in [0.717, 1.165) is 23.9 Å². The zero-order chi connectivity index (χ0) is 10.6. The van der Waals surface area contributed by atoms with Crippen LogP contribution in [0.4, 0.5) is 0 Å². The summed E-state index contributed by atoms with van der Waals surface area (Å²) in [4.78, 5) is 5.70. The molecular weight excluding hydrogens is 196 g/mol. The van der Waals surface area contributed by atoms with Crippen LogP contribution in [0.25, 0.3) is 0 Å². The van der Waals surface area contributed by atoms with Crippen molar-refractivity contribution in [2.45, 2.75) is 26.8 Å². The van der Waals surface area contributed by atoms with Gasteiger partial charge in [0.25, 0.3) is 0 Å². The first kappa shape index (κ1) is 11.6. The van der Waals surface area contributed by atoms with Gasteiger partial charge in [0.15, 0.2) is 0 Å². The van der Waals surface area contributed by atoms with Gasteiger partial charge in [0.2, 0.25) is 0 Å². The Morgan fingerprint density at radius 1 is 1.50 bits per heavy atom. The molecular formula is C10H18N2OS. The molecule has 1 aromatic rings. The Morgan fingerprint density at radius 3 is 2.64 bits per heavy atom. The molecule has 3 nitrogen and oxygen atoms in total. The minimum atomic E-state index is 0.279. The standard InChI is InChI=1S/C10H18N2OS/c1-5-13-6-9(11-4)10-7(2)12-8(3)14-10/h9,11H,5-6H2,1-4H3. The fraction of sp³-hybridized carbons (Fsp3) is 0.700. The maximum absolute atomic E-state index is 5.42. The number of likely N-dealkylation sites (N-methyl/N-ethyl adjacent to an activating group) is 1. The number of thiazole rings is 1. The number of hydrogen-bond acceptors (Lipinski definition) is 4. The molecule has 0 aliphatic heterocycles. The molecule has 1 unspecified atom stereocenters. The van der Waals surface area contributed by atoms with Gasteiger partial charge in [0.05, 0.1) is 23.4 Å². The average molecular weight is 214 g/mol. The molecule has 1 atom stereocenters. The number of aryl methyl sites for hydroxylation is 2. The second-order valence-corrected chi connectivity index (χ2v) is 4.42. The number of nitrogens with zero attached hydrogens (tertiary/aromatic N) is 1. The van der Waals surface area contributed by atoms with Gasteiger partial charge in [0, 0.05) is 11.5 Å². The van der Waals surface area contributed by atoms with Crippen molar-refractivity contribution in [1.82, 2.24) is 10.3 Å². The minimum absolute atomic E-state index is 0.279. The molecule has 1 rings (SSSR count). The van der Waals surface area contributed by atoms with Crippen LogP contribution in [0.1, 0.15) is 28.5 Å². The van der Waals surface area contributed by atoms with Crippen molar-refractivity contribution in [1.29, 1.82) is 0 Å². The van der Waals surface area contributed by atoms with Crippen molar-refractivity contribution in [2.24, 2.45) is 0 Å². The first-order valence-corrected chi connectivity index (χ1v) is 5.69. The largest absolute Gasteiger partial charge is 0.380 e. The summed E-state index contributed by atoms with van der Waals surface area (Å²) in [6, 6.07) is 0.279. The van der Waals surface area contributed by atoms with Crippen LogP contribution in [0, 0.1) is 13.8 Å². The van der Waals surface area contributed by atoms with Crippen molar-refractivity contribution in [3.63, 3.8) is 0 Å². The van der Waals surface area contributed by atoms with Gasteiger partial charge >= 0.3 is 0 Å². The van der Waals surface area contributed by atoms with Gasteiger partial charge in [-0.1, -0.05) is 0 Å². The molecule has 0 amide bonds. The number of hydrogen-bond donors (Lipinski definition) is 1. The number of nitrogens with one attached hydrogen (secondary N) is 1. The molecule has 4 heteroatoms. The summed E-state index contributed by atoms with van der Waals surface area (Å²) < 4.78 is 5.42. The van der Waals surface area contributed by atoms with E-state index >= 15 is 0 Å². The average Bonchev–Trinajstić information content (AvgIpc) is 2.47. The van der Waals surface area contributed by atoms with Crippen molar-refractivity contribution in [3.05, 3.63) is 15.6 Å². The topological polar surface area (TPSA) is 34.1 Å². The van der Waals surface area contributed by atoms with E-state index in [9.17, 15) is 0 Å². The lowest BCUT2D eigenvalue weighted by atomic mass is 10.2. The third kappa shape index (κ3) is 2.77. The Hall–Kier alpha value is -0.450. The van der Waals surface area contributed by atoms with Crippen LogP contribution in [0.5, 0.6) is 0 Å². The van der Waals surface area contributed by atoms with Crippen LogP contribution >= 0.6 is 11.3 Å². The Morgan fingerprint density at radius 2 is 2.21 bits per heavy atom. The molecule has 14 heavy (non-hydrogen) atoms. The highest BCUT2D eigenvalue weighted by atomic mass is 32.1. The molecule has 0 saturated heterocycles. The summed E-state index contributed by atoms with van der Waals surface area (Å²) in [6.45, 7) is 7.58. The Bertz CT molecular complexity index is 286. The molecule has 1 heterocycles. The van der Waals surface area contributed by atoms with Crippen molar-refractivity contribution in [3.8, 4) is 0 Å². The van der Waals surface area contributed by atoms with Gasteiger partial charge in [-0.05, 0) is 27.8 Å². The predicted octanol–water partition coefficient (Wildman–Crippen LogP) is 2.06. The van der Waals surface area contributed by atoms with Crippen molar-refractivity contribution < 1.29 is 4.74 Å². The molecule has 0 aromatic carbocycles. The Balaban J connectivity index is 2.72. The van der Waals surface area contributed by atoms with Crippen LogP contribution in [0.15, 0.2) is 0 Å². The third-order valence-electron chi connectivity index (χ3n) is 2.09. The maximum atomic E-state index is 5.42. The molecule has 0 bridgehead atoms. The van der Waals surface area contributed by atoms with E-state index in [1.165, 1.54) is 4.88 Å². The monoisotopic (exact) mass is 214 g/mol. The van der Waals surface area contributed by atoms with Gasteiger partial charge < -0.3 is 10.1 Å². The molecule has 0 saturated carbocycles. The molecule has 0 aliphatic rings. The minimum Gasteiger partial charge on any atom is -0.380 e. The third-order valence-corrected chi connectivity index (χ3v) is 3.28. The fourth-order valence-electron chi connectivity index (χ4n) is 1.40. The van der Waals surface area contributed by atoms with E-state index in [4.69, 9.17) is 4.74 Å². The van der Waals surface area contributed by atoms with Crippen LogP contribution in [0.2, 0.25) is 0 Å². The lowest BCUT2D eigenvalue weighted by molar-refractivity contribution is 0.126. The van der Waals surface area contributed by atoms with Crippen LogP contribution < -0.4 is 5.32 Å². The van der Waals surface area contributed by atoms with Gasteiger partial charge in [-0.15, -0.1) is 11.3 Å². The van der Waals surface area contributed by atoms with Crippen LogP contribution in [-0.4, -0.2) is 25.2 Å². The van der Waals surface area contributed by atoms with E-state index in [-0.39, 0.29) is 6.04 Å². The molecule has 0 spiro atoms. The highest BCUT2D eigenvalue weighted by Gasteiger charge is 2.15. The summed E-state index contributed by atoms with van der Waals surface area (Å²) in [5.41, 5.74) is 1.12.